The number of alkyl halides is 1. The molecule has 1 atom stereocenters. The Bertz CT molecular complexity index is 515. The van der Waals surface area contributed by atoms with Crippen molar-refractivity contribution in [3.63, 3.8) is 0 Å². The predicted molar refractivity (Wildman–Crippen MR) is 68.6 cm³/mol. The van der Waals surface area contributed by atoms with Crippen LogP contribution >= 0.6 is 23.2 Å². The average molecular weight is 257 g/mol. The van der Waals surface area contributed by atoms with Gasteiger partial charge < -0.3 is 4.40 Å². The van der Waals surface area contributed by atoms with E-state index >= 15 is 0 Å². The molecule has 1 unspecified atom stereocenters. The summed E-state index contributed by atoms with van der Waals surface area (Å²) in [4.78, 5) is 4.59. The largest absolute Gasteiger partial charge is 0.301 e. The summed E-state index contributed by atoms with van der Waals surface area (Å²) in [6.07, 6.45) is 1.87. The Balaban J connectivity index is 2.77. The number of aromatic nitrogens is 2. The van der Waals surface area contributed by atoms with Crippen LogP contribution < -0.4 is 0 Å². The average Bonchev–Trinajstić information content (AvgIpc) is 2.55. The highest BCUT2D eigenvalue weighted by molar-refractivity contribution is 6.30. The van der Waals surface area contributed by atoms with E-state index in [1.54, 1.807) is 0 Å². The van der Waals surface area contributed by atoms with Crippen molar-refractivity contribution in [2.45, 2.75) is 32.1 Å². The van der Waals surface area contributed by atoms with Crippen LogP contribution in [0.1, 0.15) is 43.5 Å². The zero-order valence-corrected chi connectivity index (χ0v) is 11.0. The molecule has 2 aromatic rings. The van der Waals surface area contributed by atoms with Crippen molar-refractivity contribution in [3.8, 4) is 0 Å². The van der Waals surface area contributed by atoms with Crippen LogP contribution in [0.4, 0.5) is 0 Å². The molecular weight excluding hydrogens is 243 g/mol. The van der Waals surface area contributed by atoms with Gasteiger partial charge in [0.25, 0.3) is 0 Å². The first-order chi connectivity index (χ1) is 7.50. The molecule has 16 heavy (non-hydrogen) atoms. The Morgan fingerprint density at radius 2 is 1.94 bits per heavy atom. The Kier molecular flexibility index (Phi) is 3.13. The minimum atomic E-state index is -0.0779. The fourth-order valence-corrected chi connectivity index (χ4v) is 2.25. The molecule has 0 radical (unpaired) electrons. The highest BCUT2D eigenvalue weighted by Gasteiger charge is 2.18. The van der Waals surface area contributed by atoms with Crippen LogP contribution in [-0.2, 0) is 0 Å². The molecule has 0 aliphatic heterocycles. The van der Waals surface area contributed by atoms with E-state index in [0.29, 0.717) is 10.9 Å². The minimum absolute atomic E-state index is 0.0779. The first kappa shape index (κ1) is 11.7. The van der Waals surface area contributed by atoms with Gasteiger partial charge in [0.05, 0.1) is 21.8 Å². The number of hydrogen-bond acceptors (Lipinski definition) is 1. The molecule has 0 spiro atoms. The third-order valence-corrected chi connectivity index (χ3v) is 3.00. The van der Waals surface area contributed by atoms with Gasteiger partial charge in [-0.2, -0.15) is 0 Å². The second kappa shape index (κ2) is 4.27. The smallest absolute Gasteiger partial charge is 0.137 e. The van der Waals surface area contributed by atoms with Crippen LogP contribution in [0.5, 0.6) is 0 Å². The SMILES string of the molecule is CC(C)c1nc2ccc(Cl)cn2c1C(C)Cl. The lowest BCUT2D eigenvalue weighted by molar-refractivity contribution is 0.799. The zero-order valence-electron chi connectivity index (χ0n) is 9.54. The van der Waals surface area contributed by atoms with E-state index in [4.69, 9.17) is 23.2 Å². The normalized spacial score (nSPS) is 13.6. The molecule has 0 N–H and O–H groups in total. The molecule has 0 saturated heterocycles. The van der Waals surface area contributed by atoms with Crippen molar-refractivity contribution in [1.82, 2.24) is 9.38 Å². The summed E-state index contributed by atoms with van der Waals surface area (Å²) in [5.74, 6) is 0.356. The van der Waals surface area contributed by atoms with Crippen molar-refractivity contribution >= 4 is 28.8 Å². The highest BCUT2D eigenvalue weighted by Crippen LogP contribution is 2.30. The van der Waals surface area contributed by atoms with Gasteiger partial charge in [-0.3, -0.25) is 0 Å². The van der Waals surface area contributed by atoms with Gasteiger partial charge in [-0.25, -0.2) is 4.98 Å². The number of imidazole rings is 1. The number of nitrogens with zero attached hydrogens (tertiary/aromatic N) is 2. The molecule has 2 aromatic heterocycles. The third-order valence-electron chi connectivity index (χ3n) is 2.57. The van der Waals surface area contributed by atoms with E-state index in [9.17, 15) is 0 Å². The van der Waals surface area contributed by atoms with Crippen LogP contribution in [-0.4, -0.2) is 9.38 Å². The molecule has 2 rings (SSSR count). The first-order valence-corrected chi connectivity index (χ1v) is 6.13. The first-order valence-electron chi connectivity index (χ1n) is 5.32. The molecule has 0 bridgehead atoms. The maximum Gasteiger partial charge on any atom is 0.137 e. The monoisotopic (exact) mass is 256 g/mol. The lowest BCUT2D eigenvalue weighted by atomic mass is 10.1. The molecule has 0 aliphatic carbocycles. The van der Waals surface area contributed by atoms with E-state index in [-0.39, 0.29) is 5.38 Å². The van der Waals surface area contributed by atoms with Crippen LogP contribution in [0.2, 0.25) is 5.02 Å². The highest BCUT2D eigenvalue weighted by atomic mass is 35.5. The maximum atomic E-state index is 6.22. The summed E-state index contributed by atoms with van der Waals surface area (Å²) >= 11 is 12.2. The number of pyridine rings is 1. The van der Waals surface area contributed by atoms with E-state index in [0.717, 1.165) is 17.0 Å². The maximum absolute atomic E-state index is 6.22. The van der Waals surface area contributed by atoms with E-state index in [1.165, 1.54) is 0 Å². The van der Waals surface area contributed by atoms with Gasteiger partial charge in [-0.15, -0.1) is 11.6 Å². The van der Waals surface area contributed by atoms with Crippen molar-refractivity contribution in [1.29, 1.82) is 0 Å². The third kappa shape index (κ3) is 1.92. The number of rotatable bonds is 2. The van der Waals surface area contributed by atoms with Gasteiger partial charge >= 0.3 is 0 Å². The van der Waals surface area contributed by atoms with Crippen molar-refractivity contribution in [3.05, 3.63) is 34.7 Å². The van der Waals surface area contributed by atoms with Crippen LogP contribution in [0.15, 0.2) is 18.3 Å². The Morgan fingerprint density at radius 1 is 1.25 bits per heavy atom. The predicted octanol–water partition coefficient (Wildman–Crippen LogP) is 4.41. The van der Waals surface area contributed by atoms with Crippen molar-refractivity contribution in [2.24, 2.45) is 0 Å². The lowest BCUT2D eigenvalue weighted by Gasteiger charge is -2.08. The number of fused-ring (bicyclic) bond motifs is 1. The lowest BCUT2D eigenvalue weighted by Crippen LogP contribution is -1.99. The quantitative estimate of drug-likeness (QED) is 0.728. The molecule has 86 valence electrons. The van der Waals surface area contributed by atoms with Gasteiger partial charge in [-0.1, -0.05) is 25.4 Å². The summed E-state index contributed by atoms with van der Waals surface area (Å²) in [5.41, 5.74) is 2.98. The number of hydrogen-bond donors (Lipinski definition) is 0. The van der Waals surface area contributed by atoms with Crippen LogP contribution in [0.25, 0.3) is 5.65 Å². The molecular formula is C12H14Cl2N2. The molecule has 0 aromatic carbocycles. The zero-order chi connectivity index (χ0) is 11.9. The van der Waals surface area contributed by atoms with E-state index < -0.39 is 0 Å². The fraction of sp³-hybridized carbons (Fsp3) is 0.417. The van der Waals surface area contributed by atoms with Crippen LogP contribution in [0.3, 0.4) is 0 Å². The van der Waals surface area contributed by atoms with Gasteiger partial charge in [0.1, 0.15) is 5.65 Å². The second-order valence-electron chi connectivity index (χ2n) is 4.23. The molecule has 2 heterocycles. The van der Waals surface area contributed by atoms with Crippen molar-refractivity contribution < 1.29 is 0 Å². The Labute approximate surface area is 105 Å². The Hall–Kier alpha value is -0.730. The summed E-state index contributed by atoms with van der Waals surface area (Å²) in [5, 5.41) is 0.615. The Morgan fingerprint density at radius 3 is 2.50 bits per heavy atom. The molecule has 0 aliphatic rings. The minimum Gasteiger partial charge on any atom is -0.301 e. The van der Waals surface area contributed by atoms with Gasteiger partial charge in [0, 0.05) is 6.20 Å². The summed E-state index contributed by atoms with van der Waals surface area (Å²) in [7, 11) is 0. The topological polar surface area (TPSA) is 17.3 Å². The van der Waals surface area contributed by atoms with Gasteiger partial charge in [0.15, 0.2) is 0 Å². The molecule has 2 nitrogen and oxygen atoms in total. The van der Waals surface area contributed by atoms with Crippen LogP contribution in [0, 0.1) is 0 Å². The molecule has 0 fully saturated rings. The fourth-order valence-electron chi connectivity index (χ4n) is 1.88. The number of halogens is 2. The molecule has 4 heteroatoms. The van der Waals surface area contributed by atoms with E-state index in [1.807, 2.05) is 29.7 Å². The van der Waals surface area contributed by atoms with E-state index in [2.05, 4.69) is 18.8 Å². The van der Waals surface area contributed by atoms with Gasteiger partial charge in [-0.05, 0) is 25.0 Å². The van der Waals surface area contributed by atoms with Crippen molar-refractivity contribution in [2.75, 3.05) is 0 Å². The molecule has 0 saturated carbocycles. The second-order valence-corrected chi connectivity index (χ2v) is 5.32. The molecule has 0 amide bonds. The summed E-state index contributed by atoms with van der Waals surface area (Å²) in [6, 6.07) is 3.76. The summed E-state index contributed by atoms with van der Waals surface area (Å²) < 4.78 is 1.98. The summed E-state index contributed by atoms with van der Waals surface area (Å²) in [6.45, 7) is 6.19. The van der Waals surface area contributed by atoms with Gasteiger partial charge in [0.2, 0.25) is 0 Å². The standard InChI is InChI=1S/C12H14Cl2N2/c1-7(2)11-12(8(3)13)16-6-9(14)4-5-10(16)15-11/h4-8H,1-3H3.